The van der Waals surface area contributed by atoms with E-state index in [0.717, 1.165) is 36.3 Å². The summed E-state index contributed by atoms with van der Waals surface area (Å²) in [4.78, 5) is 0. The van der Waals surface area contributed by atoms with Crippen molar-refractivity contribution in [1.29, 1.82) is 0 Å². The van der Waals surface area contributed by atoms with Gasteiger partial charge >= 0.3 is 0 Å². The Kier molecular flexibility index (Phi) is 4.52. The van der Waals surface area contributed by atoms with Crippen LogP contribution in [0.1, 0.15) is 17.9 Å². The summed E-state index contributed by atoms with van der Waals surface area (Å²) in [6.45, 7) is 2.96. The van der Waals surface area contributed by atoms with E-state index in [4.69, 9.17) is 9.15 Å². The second-order valence-corrected chi connectivity index (χ2v) is 4.41. The van der Waals surface area contributed by atoms with Gasteiger partial charge in [0.15, 0.2) is 0 Å². The SMILES string of the molecule is CNCCCc1nnc(-c2cc(C)ccc2OC)o1. The summed E-state index contributed by atoms with van der Waals surface area (Å²) in [5.41, 5.74) is 1.97. The third-order valence-corrected chi connectivity index (χ3v) is 2.87. The fourth-order valence-corrected chi connectivity index (χ4v) is 1.87. The van der Waals surface area contributed by atoms with Crippen molar-refractivity contribution in [3.8, 4) is 17.2 Å². The lowest BCUT2D eigenvalue weighted by Crippen LogP contribution is -2.08. The molecule has 0 bridgehead atoms. The van der Waals surface area contributed by atoms with Gasteiger partial charge in [0.2, 0.25) is 5.89 Å². The molecule has 0 aliphatic carbocycles. The average Bonchev–Trinajstić information content (AvgIpc) is 2.88. The van der Waals surface area contributed by atoms with Crippen LogP contribution in [0.3, 0.4) is 0 Å². The highest BCUT2D eigenvalue weighted by atomic mass is 16.5. The first-order valence-corrected chi connectivity index (χ1v) is 6.36. The number of aromatic nitrogens is 2. The maximum atomic E-state index is 5.68. The lowest BCUT2D eigenvalue weighted by Gasteiger charge is -2.05. The van der Waals surface area contributed by atoms with E-state index >= 15 is 0 Å². The molecule has 19 heavy (non-hydrogen) atoms. The van der Waals surface area contributed by atoms with Crippen molar-refractivity contribution in [3.05, 3.63) is 29.7 Å². The van der Waals surface area contributed by atoms with Crippen molar-refractivity contribution < 1.29 is 9.15 Å². The van der Waals surface area contributed by atoms with Crippen molar-refractivity contribution in [3.63, 3.8) is 0 Å². The highest BCUT2D eigenvalue weighted by molar-refractivity contribution is 5.63. The van der Waals surface area contributed by atoms with E-state index in [0.29, 0.717) is 11.8 Å². The van der Waals surface area contributed by atoms with Crippen LogP contribution < -0.4 is 10.1 Å². The molecule has 0 amide bonds. The molecular formula is C14H19N3O2. The average molecular weight is 261 g/mol. The van der Waals surface area contributed by atoms with Crippen LogP contribution in [0.4, 0.5) is 0 Å². The van der Waals surface area contributed by atoms with E-state index in [1.165, 1.54) is 0 Å². The number of hydrogen-bond acceptors (Lipinski definition) is 5. The Bertz CT molecular complexity index is 537. The van der Waals surface area contributed by atoms with Crippen LogP contribution in [0, 0.1) is 6.92 Å². The number of nitrogens with zero attached hydrogens (tertiary/aromatic N) is 2. The van der Waals surface area contributed by atoms with E-state index in [9.17, 15) is 0 Å². The fourth-order valence-electron chi connectivity index (χ4n) is 1.87. The van der Waals surface area contributed by atoms with Gasteiger partial charge in [-0.25, -0.2) is 0 Å². The normalized spacial score (nSPS) is 10.7. The number of aryl methyl sites for hydroxylation is 2. The van der Waals surface area contributed by atoms with Crippen molar-refractivity contribution in [2.24, 2.45) is 0 Å². The van der Waals surface area contributed by atoms with E-state index in [2.05, 4.69) is 15.5 Å². The molecule has 0 aliphatic rings. The molecule has 102 valence electrons. The number of ether oxygens (including phenoxy) is 1. The minimum absolute atomic E-state index is 0.514. The predicted molar refractivity (Wildman–Crippen MR) is 73.3 cm³/mol. The summed E-state index contributed by atoms with van der Waals surface area (Å²) < 4.78 is 11.0. The summed E-state index contributed by atoms with van der Waals surface area (Å²) >= 11 is 0. The first-order chi connectivity index (χ1) is 9.24. The summed E-state index contributed by atoms with van der Waals surface area (Å²) in [6.07, 6.45) is 1.76. The zero-order chi connectivity index (χ0) is 13.7. The van der Waals surface area contributed by atoms with Gasteiger partial charge < -0.3 is 14.5 Å². The van der Waals surface area contributed by atoms with Gasteiger partial charge in [-0.3, -0.25) is 0 Å². The van der Waals surface area contributed by atoms with Gasteiger partial charge in [-0.2, -0.15) is 0 Å². The molecular weight excluding hydrogens is 242 g/mol. The molecule has 0 saturated carbocycles. The highest BCUT2D eigenvalue weighted by Gasteiger charge is 2.13. The van der Waals surface area contributed by atoms with Crippen LogP contribution in [0.2, 0.25) is 0 Å². The van der Waals surface area contributed by atoms with Gasteiger partial charge in [0.05, 0.1) is 12.7 Å². The van der Waals surface area contributed by atoms with Crippen molar-refractivity contribution in [1.82, 2.24) is 15.5 Å². The number of hydrogen-bond donors (Lipinski definition) is 1. The van der Waals surface area contributed by atoms with Crippen molar-refractivity contribution in [2.45, 2.75) is 19.8 Å². The first kappa shape index (κ1) is 13.5. The van der Waals surface area contributed by atoms with Gasteiger partial charge in [0.1, 0.15) is 5.75 Å². The highest BCUT2D eigenvalue weighted by Crippen LogP contribution is 2.29. The Morgan fingerprint density at radius 2 is 2.16 bits per heavy atom. The second kappa shape index (κ2) is 6.33. The third kappa shape index (κ3) is 3.32. The summed E-state index contributed by atoms with van der Waals surface area (Å²) in [6, 6.07) is 5.89. The lowest BCUT2D eigenvalue weighted by molar-refractivity contribution is 0.413. The number of nitrogens with one attached hydrogen (secondary N) is 1. The Hall–Kier alpha value is -1.88. The van der Waals surface area contributed by atoms with Gasteiger partial charge in [-0.15, -0.1) is 10.2 Å². The largest absolute Gasteiger partial charge is 0.496 e. The fraction of sp³-hybridized carbons (Fsp3) is 0.429. The minimum atomic E-state index is 0.514. The van der Waals surface area contributed by atoms with Gasteiger partial charge in [0.25, 0.3) is 5.89 Å². The molecule has 0 atom stereocenters. The molecule has 5 nitrogen and oxygen atoms in total. The zero-order valence-electron chi connectivity index (χ0n) is 11.6. The maximum Gasteiger partial charge on any atom is 0.251 e. The minimum Gasteiger partial charge on any atom is -0.496 e. The van der Waals surface area contributed by atoms with Crippen molar-refractivity contribution in [2.75, 3.05) is 20.7 Å². The van der Waals surface area contributed by atoms with Gasteiger partial charge in [-0.1, -0.05) is 11.6 Å². The second-order valence-electron chi connectivity index (χ2n) is 4.41. The summed E-state index contributed by atoms with van der Waals surface area (Å²) in [5, 5.41) is 11.3. The first-order valence-electron chi connectivity index (χ1n) is 6.36. The molecule has 0 saturated heterocycles. The van der Waals surface area contributed by atoms with Crippen LogP contribution in [0.15, 0.2) is 22.6 Å². The Morgan fingerprint density at radius 3 is 2.89 bits per heavy atom. The van der Waals surface area contributed by atoms with Crippen LogP contribution in [-0.2, 0) is 6.42 Å². The molecule has 1 aromatic carbocycles. The topological polar surface area (TPSA) is 60.2 Å². The third-order valence-electron chi connectivity index (χ3n) is 2.87. The monoisotopic (exact) mass is 261 g/mol. The molecule has 1 aromatic heterocycles. The van der Waals surface area contributed by atoms with E-state index in [-0.39, 0.29) is 0 Å². The van der Waals surface area contributed by atoms with Gasteiger partial charge in [0, 0.05) is 6.42 Å². The van der Waals surface area contributed by atoms with Gasteiger partial charge in [-0.05, 0) is 39.1 Å². The molecule has 1 N–H and O–H groups in total. The van der Waals surface area contributed by atoms with Crippen LogP contribution in [0.5, 0.6) is 5.75 Å². The molecule has 0 aliphatic heterocycles. The lowest BCUT2D eigenvalue weighted by atomic mass is 10.1. The number of rotatable bonds is 6. The molecule has 1 heterocycles. The Morgan fingerprint density at radius 1 is 1.32 bits per heavy atom. The Balaban J connectivity index is 2.20. The standard InChI is InChI=1S/C14H19N3O2/c1-10-6-7-12(18-3)11(9-10)14-17-16-13(19-14)5-4-8-15-2/h6-7,9,15H,4-5,8H2,1-3H3. The number of methoxy groups -OCH3 is 1. The molecule has 2 rings (SSSR count). The van der Waals surface area contributed by atoms with Crippen molar-refractivity contribution >= 4 is 0 Å². The van der Waals surface area contributed by atoms with E-state index in [1.807, 2.05) is 32.2 Å². The smallest absolute Gasteiger partial charge is 0.251 e. The predicted octanol–water partition coefficient (Wildman–Crippen LogP) is 2.21. The van der Waals surface area contributed by atoms with Crippen LogP contribution in [-0.4, -0.2) is 30.9 Å². The molecule has 5 heteroatoms. The zero-order valence-corrected chi connectivity index (χ0v) is 11.6. The molecule has 0 unspecified atom stereocenters. The molecule has 0 spiro atoms. The van der Waals surface area contributed by atoms with E-state index < -0.39 is 0 Å². The summed E-state index contributed by atoms with van der Waals surface area (Å²) in [5.74, 6) is 1.92. The Labute approximate surface area is 113 Å². The maximum absolute atomic E-state index is 5.68. The molecule has 0 fully saturated rings. The summed E-state index contributed by atoms with van der Waals surface area (Å²) in [7, 11) is 3.56. The number of benzene rings is 1. The molecule has 0 radical (unpaired) electrons. The van der Waals surface area contributed by atoms with Crippen LogP contribution >= 0.6 is 0 Å². The molecule has 2 aromatic rings. The quantitative estimate of drug-likeness (QED) is 0.808. The van der Waals surface area contributed by atoms with Crippen LogP contribution in [0.25, 0.3) is 11.5 Å². The van der Waals surface area contributed by atoms with E-state index in [1.54, 1.807) is 7.11 Å².